The summed E-state index contributed by atoms with van der Waals surface area (Å²) < 4.78 is 12.5. The Labute approximate surface area is 139 Å². The van der Waals surface area contributed by atoms with Gasteiger partial charge in [0.15, 0.2) is 17.3 Å². The number of hydrogen-bond donors (Lipinski definition) is 0. The first kappa shape index (κ1) is 15.7. The van der Waals surface area contributed by atoms with E-state index in [9.17, 15) is 0 Å². The standard InChI is InChI=1S/C16H20N4O2S/c1-4-5-6-14-17-18-16-20(14)19-15(23-16)10-11-7-8-12(21-2)13(9-11)22-3/h7-9H,4-6,10H2,1-3H3. The largest absolute Gasteiger partial charge is 0.493 e. The lowest BCUT2D eigenvalue weighted by molar-refractivity contribution is 0.354. The number of aromatic nitrogens is 4. The van der Waals surface area contributed by atoms with E-state index in [4.69, 9.17) is 9.47 Å². The van der Waals surface area contributed by atoms with Gasteiger partial charge in [0, 0.05) is 12.8 Å². The van der Waals surface area contributed by atoms with Crippen molar-refractivity contribution in [3.63, 3.8) is 0 Å². The van der Waals surface area contributed by atoms with Gasteiger partial charge >= 0.3 is 0 Å². The first-order valence-electron chi connectivity index (χ1n) is 7.66. The molecule has 3 rings (SSSR count). The number of hydrogen-bond acceptors (Lipinski definition) is 6. The minimum atomic E-state index is 0.733. The van der Waals surface area contributed by atoms with Gasteiger partial charge < -0.3 is 9.47 Å². The molecule has 0 radical (unpaired) electrons. The average Bonchev–Trinajstić information content (AvgIpc) is 3.13. The smallest absolute Gasteiger partial charge is 0.234 e. The number of nitrogens with zero attached hydrogens (tertiary/aromatic N) is 4. The molecule has 0 saturated heterocycles. The molecule has 23 heavy (non-hydrogen) atoms. The maximum atomic E-state index is 5.35. The van der Waals surface area contributed by atoms with Crippen molar-refractivity contribution in [1.29, 1.82) is 0 Å². The Hall–Kier alpha value is -2.15. The molecule has 0 fully saturated rings. The SMILES string of the molecule is CCCCc1nnc2sc(Cc3ccc(OC)c(OC)c3)nn12. The second-order valence-electron chi connectivity index (χ2n) is 5.28. The van der Waals surface area contributed by atoms with Gasteiger partial charge in [0.25, 0.3) is 0 Å². The van der Waals surface area contributed by atoms with Gasteiger partial charge in [-0.1, -0.05) is 30.7 Å². The van der Waals surface area contributed by atoms with E-state index in [0.717, 1.165) is 58.5 Å². The normalized spacial score (nSPS) is 11.1. The van der Waals surface area contributed by atoms with E-state index in [1.165, 1.54) is 0 Å². The summed E-state index contributed by atoms with van der Waals surface area (Å²) in [6, 6.07) is 5.93. The molecule has 1 aromatic carbocycles. The summed E-state index contributed by atoms with van der Waals surface area (Å²) >= 11 is 1.58. The first-order valence-corrected chi connectivity index (χ1v) is 8.47. The van der Waals surface area contributed by atoms with Crippen LogP contribution in [0, 0.1) is 0 Å². The fourth-order valence-corrected chi connectivity index (χ4v) is 3.31. The highest BCUT2D eigenvalue weighted by Crippen LogP contribution is 2.29. The topological polar surface area (TPSA) is 61.5 Å². The Morgan fingerprint density at radius 1 is 1.13 bits per heavy atom. The van der Waals surface area contributed by atoms with Gasteiger partial charge in [-0.3, -0.25) is 0 Å². The zero-order chi connectivity index (χ0) is 16.2. The van der Waals surface area contributed by atoms with E-state index in [0.29, 0.717) is 0 Å². The highest BCUT2D eigenvalue weighted by Gasteiger charge is 2.12. The first-order chi connectivity index (χ1) is 11.2. The molecule has 6 nitrogen and oxygen atoms in total. The van der Waals surface area contributed by atoms with Crippen LogP contribution in [0.2, 0.25) is 0 Å². The molecule has 0 spiro atoms. The van der Waals surface area contributed by atoms with Gasteiger partial charge in [0.05, 0.1) is 14.2 Å². The van der Waals surface area contributed by atoms with Crippen LogP contribution in [0.1, 0.15) is 36.2 Å². The van der Waals surface area contributed by atoms with E-state index in [1.807, 2.05) is 22.7 Å². The molecule has 7 heteroatoms. The molecule has 0 unspecified atom stereocenters. The predicted molar refractivity (Wildman–Crippen MR) is 89.6 cm³/mol. The van der Waals surface area contributed by atoms with E-state index in [-0.39, 0.29) is 0 Å². The van der Waals surface area contributed by atoms with Crippen LogP contribution < -0.4 is 9.47 Å². The van der Waals surface area contributed by atoms with Crippen LogP contribution in [0.5, 0.6) is 11.5 Å². The number of rotatable bonds is 7. The zero-order valence-corrected chi connectivity index (χ0v) is 14.4. The van der Waals surface area contributed by atoms with Crippen LogP contribution >= 0.6 is 11.3 Å². The molecule has 0 bridgehead atoms. The predicted octanol–water partition coefficient (Wildman–Crippen LogP) is 3.14. The van der Waals surface area contributed by atoms with Gasteiger partial charge in [0.2, 0.25) is 4.96 Å². The molecule has 0 atom stereocenters. The van der Waals surface area contributed by atoms with Gasteiger partial charge in [-0.05, 0) is 24.1 Å². The van der Waals surface area contributed by atoms with E-state index < -0.39 is 0 Å². The molecule has 0 aliphatic heterocycles. The van der Waals surface area contributed by atoms with Crippen molar-refractivity contribution in [3.05, 3.63) is 34.6 Å². The fourth-order valence-electron chi connectivity index (χ4n) is 2.42. The fraction of sp³-hybridized carbons (Fsp3) is 0.438. The number of benzene rings is 1. The third-order valence-electron chi connectivity index (χ3n) is 3.65. The lowest BCUT2D eigenvalue weighted by Gasteiger charge is -2.08. The van der Waals surface area contributed by atoms with E-state index in [2.05, 4.69) is 22.2 Å². The van der Waals surface area contributed by atoms with Crippen molar-refractivity contribution in [2.75, 3.05) is 14.2 Å². The molecule has 0 amide bonds. The Morgan fingerprint density at radius 3 is 2.70 bits per heavy atom. The van der Waals surface area contributed by atoms with Crippen molar-refractivity contribution < 1.29 is 9.47 Å². The third-order valence-corrected chi connectivity index (χ3v) is 4.55. The number of aryl methyl sites for hydroxylation is 1. The Kier molecular flexibility index (Phi) is 4.76. The highest BCUT2D eigenvalue weighted by molar-refractivity contribution is 7.16. The summed E-state index contributed by atoms with van der Waals surface area (Å²) in [5, 5.41) is 14.1. The molecule has 0 N–H and O–H groups in total. The van der Waals surface area contributed by atoms with Crippen molar-refractivity contribution in [2.24, 2.45) is 0 Å². The lowest BCUT2D eigenvalue weighted by atomic mass is 10.1. The Bertz CT molecular complexity index is 797. The third kappa shape index (κ3) is 3.29. The number of unbranched alkanes of at least 4 members (excludes halogenated alkanes) is 1. The van der Waals surface area contributed by atoms with Crippen molar-refractivity contribution in [1.82, 2.24) is 19.8 Å². The van der Waals surface area contributed by atoms with Crippen LogP contribution in [0.3, 0.4) is 0 Å². The van der Waals surface area contributed by atoms with Gasteiger partial charge in [0.1, 0.15) is 5.01 Å². The van der Waals surface area contributed by atoms with Crippen LogP contribution in [0.15, 0.2) is 18.2 Å². The molecule has 0 saturated carbocycles. The van der Waals surface area contributed by atoms with Crippen LogP contribution in [0.25, 0.3) is 4.96 Å². The summed E-state index contributed by atoms with van der Waals surface area (Å²) in [5.41, 5.74) is 1.13. The molecule has 2 aromatic heterocycles. The van der Waals surface area contributed by atoms with Crippen LogP contribution in [-0.4, -0.2) is 34.0 Å². The van der Waals surface area contributed by atoms with Crippen molar-refractivity contribution >= 4 is 16.3 Å². The summed E-state index contributed by atoms with van der Waals surface area (Å²) in [6.07, 6.45) is 3.89. The molecule has 122 valence electrons. The molecular weight excluding hydrogens is 312 g/mol. The van der Waals surface area contributed by atoms with Crippen LogP contribution in [-0.2, 0) is 12.8 Å². The molecule has 0 aliphatic carbocycles. The highest BCUT2D eigenvalue weighted by atomic mass is 32.1. The minimum absolute atomic E-state index is 0.733. The van der Waals surface area contributed by atoms with Crippen LogP contribution in [0.4, 0.5) is 0 Å². The van der Waals surface area contributed by atoms with Crippen molar-refractivity contribution in [2.45, 2.75) is 32.6 Å². The summed E-state index contributed by atoms with van der Waals surface area (Å²) in [4.78, 5) is 0.853. The molecular formula is C16H20N4O2S. The summed E-state index contributed by atoms with van der Waals surface area (Å²) in [7, 11) is 3.28. The monoisotopic (exact) mass is 332 g/mol. The second-order valence-corrected chi connectivity index (χ2v) is 6.32. The van der Waals surface area contributed by atoms with E-state index >= 15 is 0 Å². The van der Waals surface area contributed by atoms with Gasteiger partial charge in [-0.25, -0.2) is 0 Å². The second kappa shape index (κ2) is 6.95. The number of fused-ring (bicyclic) bond motifs is 1. The molecule has 3 aromatic rings. The maximum Gasteiger partial charge on any atom is 0.234 e. The summed E-state index contributed by atoms with van der Waals surface area (Å²) in [5.74, 6) is 2.41. The average molecular weight is 332 g/mol. The molecule has 0 aliphatic rings. The zero-order valence-electron chi connectivity index (χ0n) is 13.6. The number of methoxy groups -OCH3 is 2. The Morgan fingerprint density at radius 2 is 1.96 bits per heavy atom. The lowest BCUT2D eigenvalue weighted by Crippen LogP contribution is -1.98. The van der Waals surface area contributed by atoms with Crippen molar-refractivity contribution in [3.8, 4) is 11.5 Å². The maximum absolute atomic E-state index is 5.35. The molecule has 2 heterocycles. The minimum Gasteiger partial charge on any atom is -0.493 e. The Balaban J connectivity index is 1.82. The number of ether oxygens (including phenoxy) is 2. The van der Waals surface area contributed by atoms with E-state index in [1.54, 1.807) is 25.6 Å². The van der Waals surface area contributed by atoms with Gasteiger partial charge in [-0.2, -0.15) is 9.61 Å². The summed E-state index contributed by atoms with van der Waals surface area (Å²) in [6.45, 7) is 2.17. The quantitative estimate of drug-likeness (QED) is 0.665. The van der Waals surface area contributed by atoms with Gasteiger partial charge in [-0.15, -0.1) is 10.2 Å².